The highest BCUT2D eigenvalue weighted by Gasteiger charge is 2.33. The Kier molecular flexibility index (Phi) is 6.10. The van der Waals surface area contributed by atoms with E-state index in [0.717, 1.165) is 5.69 Å². The van der Waals surface area contributed by atoms with Crippen molar-refractivity contribution in [1.82, 2.24) is 10.2 Å². The van der Waals surface area contributed by atoms with Gasteiger partial charge in [-0.1, -0.05) is 47.7 Å². The lowest BCUT2D eigenvalue weighted by Crippen LogP contribution is -2.24. The molecule has 1 saturated heterocycles. The third-order valence-electron chi connectivity index (χ3n) is 4.93. The topological polar surface area (TPSA) is 109 Å². The molecule has 1 aliphatic heterocycles. The first-order valence-corrected chi connectivity index (χ1v) is 12.2. The van der Waals surface area contributed by atoms with Gasteiger partial charge in [0.2, 0.25) is 16.9 Å². The summed E-state index contributed by atoms with van der Waals surface area (Å²) < 4.78 is 24.6. The smallest absolute Gasteiger partial charge is 0.227 e. The Morgan fingerprint density at radius 3 is 2.45 bits per heavy atom. The Bertz CT molecular complexity index is 1180. The highest BCUT2D eigenvalue weighted by Crippen LogP contribution is 2.34. The molecule has 0 aliphatic carbocycles. The monoisotopic (exact) mass is 456 g/mol. The summed E-state index contributed by atoms with van der Waals surface area (Å²) in [5, 5.41) is 11.7. The second kappa shape index (κ2) is 8.94. The molecule has 2 amide bonds. The molecular formula is C21H20N4O4S2. The van der Waals surface area contributed by atoms with Crippen LogP contribution in [0.1, 0.15) is 23.8 Å². The first-order valence-electron chi connectivity index (χ1n) is 9.69. The maximum Gasteiger partial charge on any atom is 0.227 e. The minimum Gasteiger partial charge on any atom is -0.312 e. The molecule has 8 nitrogen and oxygen atoms in total. The average Bonchev–Trinajstić information content (AvgIpc) is 3.40. The SMILES string of the molecule is O=C(CCS(=O)(=O)c1ccccc1)Nc1nnc([C@@H]2CC(=O)N(c3ccccc3)C2)s1. The van der Waals surface area contributed by atoms with E-state index in [1.165, 1.54) is 23.5 Å². The molecule has 1 fully saturated rings. The zero-order valence-corrected chi connectivity index (χ0v) is 18.1. The van der Waals surface area contributed by atoms with Crippen molar-refractivity contribution >= 4 is 43.8 Å². The number of nitrogens with one attached hydrogen (secondary N) is 1. The summed E-state index contributed by atoms with van der Waals surface area (Å²) >= 11 is 1.20. The molecule has 1 aliphatic rings. The minimum absolute atomic E-state index is 0.0168. The Labute approximate surface area is 183 Å². The lowest BCUT2D eigenvalue weighted by Gasteiger charge is -2.15. The van der Waals surface area contributed by atoms with E-state index in [9.17, 15) is 18.0 Å². The highest BCUT2D eigenvalue weighted by atomic mass is 32.2. The molecule has 0 unspecified atom stereocenters. The van der Waals surface area contributed by atoms with E-state index in [2.05, 4.69) is 15.5 Å². The molecule has 0 spiro atoms. The van der Waals surface area contributed by atoms with Gasteiger partial charge in [-0.3, -0.25) is 9.59 Å². The number of rotatable bonds is 7. The predicted molar refractivity (Wildman–Crippen MR) is 118 cm³/mol. The Hall–Kier alpha value is -3.11. The molecule has 0 radical (unpaired) electrons. The first kappa shape index (κ1) is 21.1. The molecule has 3 aromatic rings. The van der Waals surface area contributed by atoms with Crippen LogP contribution in [0.25, 0.3) is 0 Å². The molecule has 0 bridgehead atoms. The number of carbonyl (C=O) groups excluding carboxylic acids is 2. The number of sulfone groups is 1. The average molecular weight is 457 g/mol. The van der Waals surface area contributed by atoms with Crippen LogP contribution < -0.4 is 10.2 Å². The molecule has 2 heterocycles. The molecule has 0 saturated carbocycles. The summed E-state index contributed by atoms with van der Waals surface area (Å²) in [5.74, 6) is -0.828. The normalized spacial score (nSPS) is 16.5. The minimum atomic E-state index is -3.53. The van der Waals surface area contributed by atoms with Crippen molar-refractivity contribution in [2.45, 2.75) is 23.7 Å². The van der Waals surface area contributed by atoms with Gasteiger partial charge in [-0.15, -0.1) is 10.2 Å². The van der Waals surface area contributed by atoms with Crippen LogP contribution in [-0.4, -0.2) is 42.7 Å². The van der Waals surface area contributed by atoms with Crippen molar-refractivity contribution in [3.63, 3.8) is 0 Å². The zero-order valence-electron chi connectivity index (χ0n) is 16.5. The molecular weight excluding hydrogens is 436 g/mol. The van der Waals surface area contributed by atoms with Crippen LogP contribution in [0.2, 0.25) is 0 Å². The van der Waals surface area contributed by atoms with E-state index in [0.29, 0.717) is 23.1 Å². The van der Waals surface area contributed by atoms with Crippen LogP contribution in [0.3, 0.4) is 0 Å². The fourth-order valence-electron chi connectivity index (χ4n) is 3.34. The van der Waals surface area contributed by atoms with Crippen molar-refractivity contribution < 1.29 is 18.0 Å². The molecule has 2 aromatic carbocycles. The highest BCUT2D eigenvalue weighted by molar-refractivity contribution is 7.91. The quantitative estimate of drug-likeness (QED) is 0.586. The van der Waals surface area contributed by atoms with E-state index in [1.54, 1.807) is 23.1 Å². The number of anilines is 2. The van der Waals surface area contributed by atoms with Crippen LogP contribution in [0.4, 0.5) is 10.8 Å². The molecule has 1 atom stereocenters. The van der Waals surface area contributed by atoms with Crippen LogP contribution in [-0.2, 0) is 19.4 Å². The fourth-order valence-corrected chi connectivity index (χ4v) is 5.45. The van der Waals surface area contributed by atoms with Crippen molar-refractivity contribution in [2.75, 3.05) is 22.5 Å². The van der Waals surface area contributed by atoms with Crippen molar-refractivity contribution in [1.29, 1.82) is 0 Å². The van der Waals surface area contributed by atoms with E-state index in [-0.39, 0.29) is 28.9 Å². The van der Waals surface area contributed by atoms with E-state index >= 15 is 0 Å². The van der Waals surface area contributed by atoms with Crippen LogP contribution in [0, 0.1) is 0 Å². The summed E-state index contributed by atoms with van der Waals surface area (Å²) in [6, 6.07) is 17.5. The number of aromatic nitrogens is 2. The first-order chi connectivity index (χ1) is 14.9. The number of hydrogen-bond donors (Lipinski definition) is 1. The molecule has 10 heteroatoms. The van der Waals surface area contributed by atoms with E-state index in [1.807, 2.05) is 30.3 Å². The van der Waals surface area contributed by atoms with Gasteiger partial charge in [0.25, 0.3) is 0 Å². The number of amides is 2. The van der Waals surface area contributed by atoms with Crippen LogP contribution in [0.15, 0.2) is 65.6 Å². The fraction of sp³-hybridized carbons (Fsp3) is 0.238. The second-order valence-electron chi connectivity index (χ2n) is 7.12. The van der Waals surface area contributed by atoms with Crippen molar-refractivity contribution in [3.05, 3.63) is 65.7 Å². The number of hydrogen-bond acceptors (Lipinski definition) is 7. The second-order valence-corrected chi connectivity index (χ2v) is 10.2. The van der Waals surface area contributed by atoms with Gasteiger partial charge in [0, 0.05) is 31.0 Å². The molecule has 160 valence electrons. The van der Waals surface area contributed by atoms with Gasteiger partial charge in [-0.25, -0.2) is 8.42 Å². The zero-order chi connectivity index (χ0) is 21.8. The Morgan fingerprint density at radius 1 is 1.06 bits per heavy atom. The maximum absolute atomic E-state index is 12.4. The van der Waals surface area contributed by atoms with Gasteiger partial charge < -0.3 is 10.2 Å². The Morgan fingerprint density at radius 2 is 1.74 bits per heavy atom. The van der Waals surface area contributed by atoms with Gasteiger partial charge in [0.1, 0.15) is 5.01 Å². The Balaban J connectivity index is 1.34. The van der Waals surface area contributed by atoms with E-state index in [4.69, 9.17) is 0 Å². The van der Waals surface area contributed by atoms with Gasteiger partial charge in [-0.2, -0.15) is 0 Å². The number of benzene rings is 2. The lowest BCUT2D eigenvalue weighted by molar-refractivity contribution is -0.117. The number of carbonyl (C=O) groups is 2. The largest absolute Gasteiger partial charge is 0.312 e. The third-order valence-corrected chi connectivity index (χ3v) is 7.66. The van der Waals surface area contributed by atoms with Crippen molar-refractivity contribution in [3.8, 4) is 0 Å². The predicted octanol–water partition coefficient (Wildman–Crippen LogP) is 2.86. The lowest BCUT2D eigenvalue weighted by atomic mass is 10.1. The van der Waals surface area contributed by atoms with Gasteiger partial charge >= 0.3 is 0 Å². The maximum atomic E-state index is 12.4. The summed E-state index contributed by atoms with van der Waals surface area (Å²) in [5.41, 5.74) is 0.840. The summed E-state index contributed by atoms with van der Waals surface area (Å²) in [7, 11) is -3.53. The summed E-state index contributed by atoms with van der Waals surface area (Å²) in [4.78, 5) is 26.5. The standard InChI is InChI=1S/C21H20N4O4S2/c26-18(11-12-31(28,29)17-9-5-2-6-10-17)22-21-24-23-20(30-21)15-13-19(27)25(14-15)16-7-3-1-4-8-16/h1-10,15H,11-14H2,(H,22,24,26)/t15-/m1/s1. The summed E-state index contributed by atoms with van der Waals surface area (Å²) in [6.07, 6.45) is 0.142. The molecule has 31 heavy (non-hydrogen) atoms. The number of para-hydroxylation sites is 1. The molecule has 1 N–H and O–H groups in total. The molecule has 1 aromatic heterocycles. The van der Waals surface area contributed by atoms with E-state index < -0.39 is 15.7 Å². The van der Waals surface area contributed by atoms with Crippen LogP contribution in [0.5, 0.6) is 0 Å². The van der Waals surface area contributed by atoms with Crippen molar-refractivity contribution in [2.24, 2.45) is 0 Å². The third kappa shape index (κ3) is 4.97. The number of nitrogens with zero attached hydrogens (tertiary/aromatic N) is 3. The summed E-state index contributed by atoms with van der Waals surface area (Å²) in [6.45, 7) is 0.501. The molecule has 4 rings (SSSR count). The van der Waals surface area contributed by atoms with Crippen LogP contribution >= 0.6 is 11.3 Å². The van der Waals surface area contributed by atoms with Gasteiger partial charge in [0.05, 0.1) is 10.6 Å². The van der Waals surface area contributed by atoms with Gasteiger partial charge in [0.15, 0.2) is 9.84 Å². The van der Waals surface area contributed by atoms with Gasteiger partial charge in [-0.05, 0) is 24.3 Å².